The van der Waals surface area contributed by atoms with E-state index >= 15 is 0 Å². The minimum Gasteiger partial charge on any atom is -0.508 e. The summed E-state index contributed by atoms with van der Waals surface area (Å²) in [5, 5.41) is 19.8. The van der Waals surface area contributed by atoms with Crippen LogP contribution in [0.3, 0.4) is 0 Å². The number of aliphatic hydroxyl groups excluding tert-OH is 1. The first-order valence-corrected chi connectivity index (χ1v) is 14.5. The predicted molar refractivity (Wildman–Crippen MR) is 152 cm³/mol. The molecule has 4 N–H and O–H groups in total. The van der Waals surface area contributed by atoms with Gasteiger partial charge in [-0.1, -0.05) is 54.1 Å². The molecule has 0 spiro atoms. The van der Waals surface area contributed by atoms with Crippen molar-refractivity contribution in [3.8, 4) is 5.75 Å². The van der Waals surface area contributed by atoms with Gasteiger partial charge >= 0.3 is 5.97 Å². The van der Waals surface area contributed by atoms with E-state index in [4.69, 9.17) is 10.5 Å². The number of carbonyl (C=O) groups excluding carboxylic acids is 2. The van der Waals surface area contributed by atoms with Crippen LogP contribution in [0.2, 0.25) is 0 Å². The number of amides is 1. The van der Waals surface area contributed by atoms with E-state index in [1.54, 1.807) is 36.0 Å². The van der Waals surface area contributed by atoms with Gasteiger partial charge in [-0.2, -0.15) is 11.8 Å². The van der Waals surface area contributed by atoms with Gasteiger partial charge in [-0.05, 0) is 61.6 Å². The Morgan fingerprint density at radius 3 is 2.71 bits per heavy atom. The molecule has 0 bridgehead atoms. The lowest BCUT2D eigenvalue weighted by molar-refractivity contribution is -0.145. The second kappa shape index (κ2) is 15.6. The number of rotatable bonds is 15. The number of carbonyl (C=O) groups is 2. The quantitative estimate of drug-likeness (QED) is 0.179. The molecule has 3 atom stereocenters. The fraction of sp³-hybridized carbons (Fsp3) is 0.467. The molecule has 1 saturated heterocycles. The van der Waals surface area contributed by atoms with Crippen molar-refractivity contribution in [3.05, 3.63) is 77.4 Å². The number of hydrogen-bond acceptors (Lipinski definition) is 7. The summed E-state index contributed by atoms with van der Waals surface area (Å²) < 4.78 is 5.30. The SMILES string of the molecule is Cc1cccc(C[C@H](O)C=C[C@H]2CCC(=O)N2CCSCCCCOC(=O)[C@@H](N)Cc2ccc(O)cc2)c1. The van der Waals surface area contributed by atoms with E-state index in [-0.39, 0.29) is 17.7 Å². The molecule has 0 aromatic heterocycles. The van der Waals surface area contributed by atoms with Gasteiger partial charge in [0.2, 0.25) is 5.91 Å². The van der Waals surface area contributed by atoms with Crippen molar-refractivity contribution in [2.24, 2.45) is 5.73 Å². The highest BCUT2D eigenvalue weighted by Gasteiger charge is 2.28. The molecule has 1 aliphatic heterocycles. The summed E-state index contributed by atoms with van der Waals surface area (Å²) in [6.07, 6.45) is 7.18. The number of aryl methyl sites for hydroxylation is 1. The van der Waals surface area contributed by atoms with Crippen LogP contribution >= 0.6 is 11.8 Å². The normalized spacial score (nSPS) is 17.2. The van der Waals surface area contributed by atoms with Crippen LogP contribution in [0.15, 0.2) is 60.7 Å². The van der Waals surface area contributed by atoms with Crippen LogP contribution in [0.5, 0.6) is 5.75 Å². The molecule has 1 heterocycles. The van der Waals surface area contributed by atoms with Gasteiger partial charge in [0.1, 0.15) is 11.8 Å². The first-order valence-electron chi connectivity index (χ1n) is 13.3. The zero-order valence-electron chi connectivity index (χ0n) is 22.1. The van der Waals surface area contributed by atoms with Crippen LogP contribution in [0.1, 0.15) is 42.4 Å². The molecule has 206 valence electrons. The third-order valence-electron chi connectivity index (χ3n) is 6.56. The van der Waals surface area contributed by atoms with E-state index in [1.807, 2.05) is 42.2 Å². The standard InChI is InChI=1S/C30H40N2O5S/c1-22-5-4-6-24(19-22)20-27(34)13-9-25-10-14-29(35)32(25)15-18-38-17-3-2-16-37-30(36)28(31)21-23-7-11-26(33)12-8-23/h4-9,11-13,19,25,27-28,33-34H,2-3,10,14-18,20-21,31H2,1H3/t25-,27+,28-/m0/s1. The van der Waals surface area contributed by atoms with Crippen LogP contribution < -0.4 is 5.73 Å². The topological polar surface area (TPSA) is 113 Å². The maximum atomic E-state index is 12.4. The van der Waals surface area contributed by atoms with E-state index < -0.39 is 18.1 Å². The lowest BCUT2D eigenvalue weighted by Crippen LogP contribution is -2.34. The summed E-state index contributed by atoms with van der Waals surface area (Å²) in [5.74, 6) is 1.70. The fourth-order valence-corrected chi connectivity index (χ4v) is 5.41. The van der Waals surface area contributed by atoms with E-state index in [9.17, 15) is 19.8 Å². The Labute approximate surface area is 230 Å². The lowest BCUT2D eigenvalue weighted by atomic mass is 10.0. The van der Waals surface area contributed by atoms with Crippen LogP contribution in [-0.4, -0.2) is 69.8 Å². The fourth-order valence-electron chi connectivity index (χ4n) is 4.47. The number of esters is 1. The maximum Gasteiger partial charge on any atom is 0.323 e. The smallest absolute Gasteiger partial charge is 0.323 e. The van der Waals surface area contributed by atoms with Gasteiger partial charge in [0.05, 0.1) is 18.8 Å². The molecule has 2 aromatic carbocycles. The first-order chi connectivity index (χ1) is 18.3. The molecule has 0 radical (unpaired) electrons. The van der Waals surface area contributed by atoms with Gasteiger partial charge in [-0.15, -0.1) is 0 Å². The van der Waals surface area contributed by atoms with Crippen molar-refractivity contribution in [2.75, 3.05) is 24.7 Å². The first kappa shape index (κ1) is 29.7. The van der Waals surface area contributed by atoms with Crippen molar-refractivity contribution in [1.82, 2.24) is 4.90 Å². The van der Waals surface area contributed by atoms with Gasteiger partial charge in [0.25, 0.3) is 0 Å². The predicted octanol–water partition coefficient (Wildman–Crippen LogP) is 3.78. The molecule has 1 fully saturated rings. The average Bonchev–Trinajstić information content (AvgIpc) is 3.24. The second-order valence-corrected chi connectivity index (χ2v) is 11.0. The van der Waals surface area contributed by atoms with Crippen LogP contribution in [0.25, 0.3) is 0 Å². The largest absolute Gasteiger partial charge is 0.508 e. The Balaban J connectivity index is 1.27. The number of unbranched alkanes of at least 4 members (excludes halogenated alkanes) is 1. The molecule has 8 heteroatoms. The van der Waals surface area contributed by atoms with Crippen LogP contribution in [0.4, 0.5) is 0 Å². The molecular formula is C30H40N2O5S. The summed E-state index contributed by atoms with van der Waals surface area (Å²) in [6.45, 7) is 3.07. The maximum absolute atomic E-state index is 12.4. The number of phenols is 1. The lowest BCUT2D eigenvalue weighted by Gasteiger charge is -2.22. The Kier molecular flexibility index (Phi) is 12.2. The van der Waals surface area contributed by atoms with Crippen molar-refractivity contribution < 1.29 is 24.5 Å². The molecule has 7 nitrogen and oxygen atoms in total. The third-order valence-corrected chi connectivity index (χ3v) is 7.60. The number of thioether (sulfide) groups is 1. The molecule has 1 aliphatic rings. The van der Waals surface area contributed by atoms with Crippen LogP contribution in [-0.2, 0) is 27.2 Å². The molecule has 0 unspecified atom stereocenters. The number of nitrogens with two attached hydrogens (primary N) is 1. The minimum absolute atomic E-state index is 0.0421. The summed E-state index contributed by atoms with van der Waals surface area (Å²) in [5.41, 5.74) is 9.09. The van der Waals surface area contributed by atoms with Gasteiger partial charge < -0.3 is 25.6 Å². The van der Waals surface area contributed by atoms with Crippen molar-refractivity contribution in [3.63, 3.8) is 0 Å². The molecule has 0 aliphatic carbocycles. The second-order valence-electron chi connectivity index (χ2n) is 9.80. The molecular weight excluding hydrogens is 500 g/mol. The average molecular weight is 541 g/mol. The van der Waals surface area contributed by atoms with Crippen molar-refractivity contribution in [2.45, 2.75) is 63.6 Å². The van der Waals surface area contributed by atoms with E-state index in [1.165, 1.54) is 5.56 Å². The Morgan fingerprint density at radius 2 is 1.95 bits per heavy atom. The van der Waals surface area contributed by atoms with Gasteiger partial charge in [-0.3, -0.25) is 9.59 Å². The van der Waals surface area contributed by atoms with E-state index in [0.717, 1.165) is 41.9 Å². The van der Waals surface area contributed by atoms with Crippen molar-refractivity contribution >= 4 is 23.6 Å². The van der Waals surface area contributed by atoms with Crippen LogP contribution in [0, 0.1) is 6.92 Å². The number of hydrogen-bond donors (Lipinski definition) is 3. The van der Waals surface area contributed by atoms with Gasteiger partial charge in [-0.25, -0.2) is 0 Å². The molecule has 2 aromatic rings. The number of aliphatic hydroxyl groups is 1. The number of aromatic hydroxyl groups is 1. The highest BCUT2D eigenvalue weighted by Crippen LogP contribution is 2.21. The number of nitrogens with zero attached hydrogens (tertiary/aromatic N) is 1. The summed E-state index contributed by atoms with van der Waals surface area (Å²) in [4.78, 5) is 26.4. The monoisotopic (exact) mass is 540 g/mol. The summed E-state index contributed by atoms with van der Waals surface area (Å²) in [7, 11) is 0. The van der Waals surface area contributed by atoms with Gasteiger partial charge in [0, 0.05) is 25.1 Å². The summed E-state index contributed by atoms with van der Waals surface area (Å²) >= 11 is 1.79. The Morgan fingerprint density at radius 1 is 1.16 bits per heavy atom. The Hall–Kier alpha value is -2.81. The zero-order chi connectivity index (χ0) is 27.3. The number of benzene rings is 2. The zero-order valence-corrected chi connectivity index (χ0v) is 22.9. The molecule has 3 rings (SSSR count). The highest BCUT2D eigenvalue weighted by molar-refractivity contribution is 7.99. The molecule has 38 heavy (non-hydrogen) atoms. The molecule has 0 saturated carbocycles. The molecule has 1 amide bonds. The van der Waals surface area contributed by atoms with Crippen molar-refractivity contribution in [1.29, 1.82) is 0 Å². The number of ether oxygens (including phenoxy) is 1. The minimum atomic E-state index is -0.724. The van der Waals surface area contributed by atoms with E-state index in [0.29, 0.717) is 32.4 Å². The Bertz CT molecular complexity index is 1060. The number of phenolic OH excluding ortho intramolecular Hbond substituents is 1. The van der Waals surface area contributed by atoms with Gasteiger partial charge in [0.15, 0.2) is 0 Å². The number of likely N-dealkylation sites (tertiary alicyclic amines) is 1. The highest BCUT2D eigenvalue weighted by atomic mass is 32.2. The van der Waals surface area contributed by atoms with E-state index in [2.05, 4.69) is 6.07 Å². The third kappa shape index (κ3) is 10.2. The summed E-state index contributed by atoms with van der Waals surface area (Å²) in [6, 6.07) is 14.1.